The number of allylic oxidation sites excluding steroid dienone is 12. The van der Waals surface area contributed by atoms with Gasteiger partial charge in [-0.15, -0.1) is 0 Å². The van der Waals surface area contributed by atoms with E-state index in [1.165, 1.54) is 103 Å². The lowest BCUT2D eigenvalue weighted by Crippen LogP contribution is -2.29. The second kappa shape index (κ2) is 50.3. The number of hydrogen-bond donors (Lipinski definition) is 3. The number of rotatable bonds is 49. The topological polar surface area (TPSA) is 132 Å². The molecule has 0 saturated heterocycles. The first-order chi connectivity index (χ1) is 31.3. The van der Waals surface area contributed by atoms with Gasteiger partial charge in [0, 0.05) is 13.0 Å². The third kappa shape index (κ3) is 49.3. The minimum atomic E-state index is -4.53. The van der Waals surface area contributed by atoms with Crippen molar-refractivity contribution in [2.45, 2.75) is 232 Å². The van der Waals surface area contributed by atoms with Crippen LogP contribution >= 0.6 is 7.82 Å². The maximum atomic E-state index is 12.7. The Morgan fingerprint density at radius 3 is 1.34 bits per heavy atom. The van der Waals surface area contributed by atoms with E-state index in [9.17, 15) is 19.4 Å². The summed E-state index contributed by atoms with van der Waals surface area (Å²) in [6.07, 6.45) is 61.5. The predicted molar refractivity (Wildman–Crippen MR) is 269 cm³/mol. The van der Waals surface area contributed by atoms with Crippen molar-refractivity contribution in [1.29, 1.82) is 0 Å². The van der Waals surface area contributed by atoms with Crippen LogP contribution in [0.1, 0.15) is 219 Å². The Bertz CT molecular complexity index is 1230. The first-order valence-corrected chi connectivity index (χ1v) is 27.4. The Morgan fingerprint density at radius 1 is 0.500 bits per heavy atom. The van der Waals surface area contributed by atoms with Crippen molar-refractivity contribution in [3.05, 3.63) is 72.9 Å². The fourth-order valence-corrected chi connectivity index (χ4v) is 7.76. The second-order valence-electron chi connectivity index (χ2n) is 17.2. The summed E-state index contributed by atoms with van der Waals surface area (Å²) in [6.45, 7) is 3.39. The third-order valence-electron chi connectivity index (χ3n) is 10.9. The van der Waals surface area contributed by atoms with Gasteiger partial charge in [0.25, 0.3) is 0 Å². The molecule has 0 heterocycles. The van der Waals surface area contributed by atoms with Gasteiger partial charge >= 0.3 is 13.8 Å². The molecule has 0 fully saturated rings. The van der Waals surface area contributed by atoms with Crippen LogP contribution in [0, 0.1) is 0 Å². The summed E-state index contributed by atoms with van der Waals surface area (Å²) in [6, 6.07) is 0. The molecule has 3 unspecified atom stereocenters. The SMILES string of the molecule is CC/C=C\C/C=C\C/C=C\C/C=C\CCCCCCCCC(=O)OC(COCCCCCCCCCCCCCC/C=C\C/C=C\CCCCCCC)COP(=O)(O)OCC(O)CO. The van der Waals surface area contributed by atoms with Gasteiger partial charge in [-0.25, -0.2) is 4.57 Å². The molecule has 0 aliphatic rings. The summed E-state index contributed by atoms with van der Waals surface area (Å²) in [4.78, 5) is 22.7. The molecule has 0 saturated carbocycles. The molecular weight excluding hydrogens is 824 g/mol. The van der Waals surface area contributed by atoms with Gasteiger partial charge in [-0.3, -0.25) is 13.8 Å². The number of phosphoric ester groups is 1. The third-order valence-corrected chi connectivity index (χ3v) is 11.8. The number of aliphatic hydroxyl groups excluding tert-OH is 2. The lowest BCUT2D eigenvalue weighted by Gasteiger charge is -2.20. The van der Waals surface area contributed by atoms with Crippen LogP contribution in [0.2, 0.25) is 0 Å². The van der Waals surface area contributed by atoms with Crippen molar-refractivity contribution >= 4 is 13.8 Å². The first kappa shape index (κ1) is 61.9. The monoisotopic (exact) mass is 921 g/mol. The predicted octanol–water partition coefficient (Wildman–Crippen LogP) is 15.3. The molecule has 372 valence electrons. The highest BCUT2D eigenvalue weighted by atomic mass is 31.2. The number of phosphoric acid groups is 1. The van der Waals surface area contributed by atoms with Gasteiger partial charge < -0.3 is 24.6 Å². The highest BCUT2D eigenvalue weighted by Gasteiger charge is 2.26. The van der Waals surface area contributed by atoms with E-state index in [0.29, 0.717) is 13.0 Å². The van der Waals surface area contributed by atoms with Gasteiger partial charge in [0.1, 0.15) is 12.2 Å². The molecule has 0 aromatic heterocycles. The molecule has 0 aliphatic carbocycles. The van der Waals surface area contributed by atoms with Gasteiger partial charge in [0.15, 0.2) is 0 Å². The second-order valence-corrected chi connectivity index (χ2v) is 18.6. The van der Waals surface area contributed by atoms with Crippen molar-refractivity contribution in [2.75, 3.05) is 33.0 Å². The lowest BCUT2D eigenvalue weighted by atomic mass is 10.0. The molecule has 0 radical (unpaired) electrons. The summed E-state index contributed by atoms with van der Waals surface area (Å²) >= 11 is 0. The number of carbonyl (C=O) groups excluding carboxylic acids is 1. The van der Waals surface area contributed by atoms with Gasteiger partial charge in [-0.2, -0.15) is 0 Å². The summed E-state index contributed by atoms with van der Waals surface area (Å²) in [5, 5.41) is 18.4. The molecule has 0 aromatic rings. The van der Waals surface area contributed by atoms with E-state index in [-0.39, 0.29) is 19.6 Å². The Hall–Kier alpha value is -2.10. The molecule has 3 N–H and O–H groups in total. The number of ether oxygens (including phenoxy) is 2. The van der Waals surface area contributed by atoms with Crippen molar-refractivity contribution < 1.29 is 43.0 Å². The fourth-order valence-electron chi connectivity index (χ4n) is 6.97. The summed E-state index contributed by atoms with van der Waals surface area (Å²) in [7, 11) is -4.53. The van der Waals surface area contributed by atoms with Crippen LogP contribution in [-0.4, -0.2) is 66.3 Å². The Balaban J connectivity index is 4.09. The van der Waals surface area contributed by atoms with Crippen molar-refractivity contribution in [3.63, 3.8) is 0 Å². The van der Waals surface area contributed by atoms with Crippen LogP contribution in [0.3, 0.4) is 0 Å². The zero-order valence-electron chi connectivity index (χ0n) is 41.0. The number of carbonyl (C=O) groups is 1. The maximum absolute atomic E-state index is 12.7. The highest BCUT2D eigenvalue weighted by Crippen LogP contribution is 2.43. The Labute approximate surface area is 392 Å². The number of unbranched alkanes of at least 4 members (excludes halogenated alkanes) is 23. The molecule has 0 aromatic carbocycles. The molecule has 64 heavy (non-hydrogen) atoms. The smallest absolute Gasteiger partial charge is 0.457 e. The summed E-state index contributed by atoms with van der Waals surface area (Å²) in [5.41, 5.74) is 0. The van der Waals surface area contributed by atoms with Crippen molar-refractivity contribution in [1.82, 2.24) is 0 Å². The largest absolute Gasteiger partial charge is 0.472 e. The van der Waals surface area contributed by atoms with Crippen LogP contribution in [0.25, 0.3) is 0 Å². The number of esters is 1. The molecular formula is C54H97O9P. The first-order valence-electron chi connectivity index (χ1n) is 25.9. The van der Waals surface area contributed by atoms with Crippen LogP contribution in [0.4, 0.5) is 0 Å². The summed E-state index contributed by atoms with van der Waals surface area (Å²) < 4.78 is 33.5. The zero-order chi connectivity index (χ0) is 46.7. The van der Waals surface area contributed by atoms with E-state index in [4.69, 9.17) is 23.6 Å². The normalized spacial score (nSPS) is 14.4. The van der Waals surface area contributed by atoms with Crippen LogP contribution in [-0.2, 0) is 27.9 Å². The van der Waals surface area contributed by atoms with Crippen molar-refractivity contribution in [3.8, 4) is 0 Å². The molecule has 3 atom stereocenters. The summed E-state index contributed by atoms with van der Waals surface area (Å²) in [5.74, 6) is -0.397. The molecule has 0 amide bonds. The van der Waals surface area contributed by atoms with Gasteiger partial charge in [-0.1, -0.05) is 202 Å². The molecule has 0 aliphatic heterocycles. The van der Waals surface area contributed by atoms with E-state index in [1.54, 1.807) is 0 Å². The van der Waals surface area contributed by atoms with E-state index in [2.05, 4.69) is 86.8 Å². The Morgan fingerprint density at radius 2 is 0.891 bits per heavy atom. The molecule has 0 rings (SSSR count). The molecule has 0 bridgehead atoms. The fraction of sp³-hybridized carbons (Fsp3) is 0.759. The van der Waals surface area contributed by atoms with Crippen LogP contribution in [0.15, 0.2) is 72.9 Å². The van der Waals surface area contributed by atoms with Gasteiger partial charge in [0.2, 0.25) is 0 Å². The van der Waals surface area contributed by atoms with E-state index < -0.39 is 39.2 Å². The van der Waals surface area contributed by atoms with E-state index >= 15 is 0 Å². The van der Waals surface area contributed by atoms with Gasteiger partial charge in [-0.05, 0) is 83.5 Å². The van der Waals surface area contributed by atoms with Crippen molar-refractivity contribution in [2.24, 2.45) is 0 Å². The molecule has 10 heteroatoms. The van der Waals surface area contributed by atoms with E-state index in [0.717, 1.165) is 89.9 Å². The zero-order valence-corrected chi connectivity index (χ0v) is 41.9. The number of hydrogen-bond acceptors (Lipinski definition) is 8. The standard InChI is InChI=1S/C54H97O9P/c1-3-5-7-9-11-13-15-17-19-21-23-24-25-26-27-29-31-33-35-37-39-41-43-45-47-60-50-53(51-62-64(58,59)61-49-52(56)48-55)63-54(57)46-44-42-40-38-36-34-32-30-28-22-20-18-16-14-12-10-8-6-4-2/h6,8,12,14-15,17-18,20-21,23,28,30,52-53,55-56H,3-5,7,9-11,13,16,19,22,24-27,29,31-51H2,1-2H3,(H,58,59)/b8-6-,14-12-,17-15-,20-18-,23-21-,30-28-. The highest BCUT2D eigenvalue weighted by molar-refractivity contribution is 7.47. The quantitative estimate of drug-likeness (QED) is 0.0236. The van der Waals surface area contributed by atoms with Gasteiger partial charge in [0.05, 0.1) is 26.4 Å². The van der Waals surface area contributed by atoms with Crippen LogP contribution in [0.5, 0.6) is 0 Å². The number of aliphatic hydroxyl groups is 2. The molecule has 9 nitrogen and oxygen atoms in total. The average Bonchev–Trinajstić information content (AvgIpc) is 3.29. The van der Waals surface area contributed by atoms with E-state index in [1.807, 2.05) is 0 Å². The lowest BCUT2D eigenvalue weighted by molar-refractivity contribution is -0.154. The Kier molecular flexibility index (Phi) is 48.7. The minimum Gasteiger partial charge on any atom is -0.457 e. The average molecular weight is 921 g/mol. The van der Waals surface area contributed by atoms with Crippen LogP contribution < -0.4 is 0 Å². The minimum absolute atomic E-state index is 0.0396. The molecule has 0 spiro atoms. The maximum Gasteiger partial charge on any atom is 0.472 e.